The number of fused-ring (bicyclic) bond motifs is 3. The molecule has 3 atom stereocenters. The topological polar surface area (TPSA) is 66.4 Å². The fourth-order valence-corrected chi connectivity index (χ4v) is 7.23. The molecular weight excluding hydrogens is 553 g/mol. The summed E-state index contributed by atoms with van der Waals surface area (Å²) in [7, 11) is 1.91. The highest BCUT2D eigenvalue weighted by Crippen LogP contribution is 2.41. The molecule has 0 unspecified atom stereocenters. The summed E-state index contributed by atoms with van der Waals surface area (Å²) in [5.74, 6) is 1.68. The molecule has 222 valence electrons. The van der Waals surface area contributed by atoms with Crippen LogP contribution in [0.25, 0.3) is 32.9 Å². The Bertz CT molecular complexity index is 1750. The van der Waals surface area contributed by atoms with Gasteiger partial charge in [-0.05, 0) is 50.2 Å². The lowest BCUT2D eigenvalue weighted by molar-refractivity contribution is 0.107. The van der Waals surface area contributed by atoms with Gasteiger partial charge in [0.2, 0.25) is 0 Å². The minimum Gasteiger partial charge on any atom is -0.461 e. The second-order valence-corrected chi connectivity index (χ2v) is 12.0. The lowest BCUT2D eigenvalue weighted by Gasteiger charge is -2.31. The van der Waals surface area contributed by atoms with Crippen LogP contribution in [0.1, 0.15) is 37.7 Å². The number of nitrogens with one attached hydrogen (secondary N) is 1. The van der Waals surface area contributed by atoms with Crippen LogP contribution in [0.5, 0.6) is 6.01 Å². The lowest BCUT2D eigenvalue weighted by Crippen LogP contribution is -2.43. The zero-order valence-electron chi connectivity index (χ0n) is 24.0. The third-order valence-electron chi connectivity index (χ3n) is 9.29. The van der Waals surface area contributed by atoms with E-state index in [9.17, 15) is 8.78 Å². The molecule has 2 aromatic heterocycles. The second-order valence-electron chi connectivity index (χ2n) is 12.0. The first kappa shape index (κ1) is 27.9. The summed E-state index contributed by atoms with van der Waals surface area (Å²) in [6.07, 6.45) is 10.7. The summed E-state index contributed by atoms with van der Waals surface area (Å²) in [6.45, 7) is 3.07. The summed E-state index contributed by atoms with van der Waals surface area (Å²) in [5, 5.41) is 5.01. The van der Waals surface area contributed by atoms with Crippen molar-refractivity contribution in [3.05, 3.63) is 53.7 Å². The molecule has 3 saturated heterocycles. The zero-order chi connectivity index (χ0) is 29.7. The number of ether oxygens (including phenoxy) is 1. The van der Waals surface area contributed by atoms with E-state index in [1.165, 1.54) is 6.07 Å². The molecule has 3 fully saturated rings. The minimum absolute atomic E-state index is 0.00698. The standard InChI is InChI=1S/C33H33F3N6O/c1-3-23-26(35)11-10-20-7-4-9-24(27(20)23)29-28(36)30-25(16-38-29)31(41(2)18-22-8-5-13-37-22)40-32(39-30)43-19-33-12-6-14-42(33)17-21(34)15-33/h1,4,7,9-11,16,21-22,37H,5-6,8,12-15,17-19H2,2H3/t21-,22-,33+/m1/s1. The number of hydrogen-bond acceptors (Lipinski definition) is 7. The molecule has 3 aliphatic heterocycles. The van der Waals surface area contributed by atoms with Crippen molar-refractivity contribution in [3.8, 4) is 29.6 Å². The van der Waals surface area contributed by atoms with Crippen molar-refractivity contribution in [2.45, 2.75) is 49.9 Å². The molecule has 0 amide bonds. The Morgan fingerprint density at radius 2 is 2.09 bits per heavy atom. The summed E-state index contributed by atoms with van der Waals surface area (Å²) in [4.78, 5) is 17.9. The van der Waals surface area contributed by atoms with Crippen LogP contribution < -0.4 is 15.0 Å². The van der Waals surface area contributed by atoms with Crippen LogP contribution in [-0.4, -0.2) is 77.4 Å². The molecule has 0 aliphatic carbocycles. The number of halogens is 3. The van der Waals surface area contributed by atoms with E-state index in [-0.39, 0.29) is 35.4 Å². The summed E-state index contributed by atoms with van der Waals surface area (Å²) < 4.78 is 51.9. The molecule has 3 aliphatic rings. The van der Waals surface area contributed by atoms with Crippen LogP contribution in [-0.2, 0) is 0 Å². The number of rotatable bonds is 7. The number of aromatic nitrogens is 3. The fourth-order valence-electron chi connectivity index (χ4n) is 7.23. The van der Waals surface area contributed by atoms with E-state index < -0.39 is 23.3 Å². The number of anilines is 1. The van der Waals surface area contributed by atoms with Crippen molar-refractivity contribution in [2.75, 3.05) is 44.7 Å². The van der Waals surface area contributed by atoms with Gasteiger partial charge in [0.15, 0.2) is 5.82 Å². The van der Waals surface area contributed by atoms with Gasteiger partial charge in [0.05, 0.1) is 16.5 Å². The average Bonchev–Trinajstić information content (AvgIpc) is 3.72. The maximum Gasteiger partial charge on any atom is 0.319 e. The number of nitrogens with zero attached hydrogens (tertiary/aromatic N) is 5. The molecule has 5 heterocycles. The van der Waals surface area contributed by atoms with Gasteiger partial charge in [0.1, 0.15) is 35.6 Å². The molecular formula is C33H33F3N6O. The lowest BCUT2D eigenvalue weighted by atomic mass is 9.95. The Kier molecular flexibility index (Phi) is 7.10. The zero-order valence-corrected chi connectivity index (χ0v) is 24.0. The van der Waals surface area contributed by atoms with E-state index >= 15 is 4.39 Å². The van der Waals surface area contributed by atoms with Crippen LogP contribution in [0.3, 0.4) is 0 Å². The largest absolute Gasteiger partial charge is 0.461 e. The van der Waals surface area contributed by atoms with Crippen molar-refractivity contribution >= 4 is 27.5 Å². The molecule has 4 aromatic rings. The van der Waals surface area contributed by atoms with Gasteiger partial charge >= 0.3 is 6.01 Å². The molecule has 0 spiro atoms. The third kappa shape index (κ3) is 4.85. The number of pyridine rings is 1. The van der Waals surface area contributed by atoms with Gasteiger partial charge < -0.3 is 15.0 Å². The average molecular weight is 587 g/mol. The summed E-state index contributed by atoms with van der Waals surface area (Å²) in [5.41, 5.74) is 0.0673. The molecule has 2 aromatic carbocycles. The van der Waals surface area contributed by atoms with E-state index in [0.717, 1.165) is 38.8 Å². The predicted molar refractivity (Wildman–Crippen MR) is 161 cm³/mol. The number of alkyl halides is 1. The molecule has 1 N–H and O–H groups in total. The Morgan fingerprint density at radius 1 is 1.21 bits per heavy atom. The minimum atomic E-state index is -0.897. The van der Waals surface area contributed by atoms with Crippen LogP contribution in [0.15, 0.2) is 36.5 Å². The fraction of sp³-hybridized carbons (Fsp3) is 0.424. The van der Waals surface area contributed by atoms with Gasteiger partial charge in [-0.3, -0.25) is 9.88 Å². The molecule has 0 saturated carbocycles. The maximum atomic E-state index is 16.6. The van der Waals surface area contributed by atoms with Crippen LogP contribution >= 0.6 is 0 Å². The van der Waals surface area contributed by atoms with Crippen molar-refractivity contribution in [2.24, 2.45) is 0 Å². The van der Waals surface area contributed by atoms with Crippen LogP contribution in [0.2, 0.25) is 0 Å². The number of hydrogen-bond donors (Lipinski definition) is 1. The van der Waals surface area contributed by atoms with Gasteiger partial charge in [-0.1, -0.05) is 30.2 Å². The maximum absolute atomic E-state index is 16.6. The first-order valence-electron chi connectivity index (χ1n) is 14.9. The quantitative estimate of drug-likeness (QED) is 0.297. The Balaban J connectivity index is 1.34. The monoisotopic (exact) mass is 586 g/mol. The van der Waals surface area contributed by atoms with Crippen molar-refractivity contribution in [3.63, 3.8) is 0 Å². The molecule has 0 radical (unpaired) electrons. The Morgan fingerprint density at radius 3 is 2.91 bits per heavy atom. The number of likely N-dealkylation sites (N-methyl/N-ethyl adjacent to an activating group) is 1. The normalized spacial score (nSPS) is 23.6. The van der Waals surface area contributed by atoms with E-state index in [1.54, 1.807) is 30.5 Å². The third-order valence-corrected chi connectivity index (χ3v) is 9.29. The Labute approximate surface area is 248 Å². The van der Waals surface area contributed by atoms with Gasteiger partial charge in [-0.15, -0.1) is 6.42 Å². The van der Waals surface area contributed by atoms with Crippen molar-refractivity contribution in [1.29, 1.82) is 0 Å². The summed E-state index contributed by atoms with van der Waals surface area (Å²) in [6, 6.07) is 8.46. The van der Waals surface area contributed by atoms with E-state index in [4.69, 9.17) is 16.1 Å². The highest BCUT2D eigenvalue weighted by atomic mass is 19.1. The number of benzene rings is 2. The highest BCUT2D eigenvalue weighted by Gasteiger charge is 2.49. The van der Waals surface area contributed by atoms with E-state index in [2.05, 4.69) is 26.1 Å². The predicted octanol–water partition coefficient (Wildman–Crippen LogP) is 5.25. The molecule has 0 bridgehead atoms. The summed E-state index contributed by atoms with van der Waals surface area (Å²) >= 11 is 0. The smallest absolute Gasteiger partial charge is 0.319 e. The van der Waals surface area contributed by atoms with Crippen molar-refractivity contribution < 1.29 is 17.9 Å². The molecule has 43 heavy (non-hydrogen) atoms. The van der Waals surface area contributed by atoms with E-state index in [0.29, 0.717) is 47.1 Å². The second kappa shape index (κ2) is 11.0. The SMILES string of the molecule is C#Cc1c(F)ccc2cccc(-c3ncc4c(N(C)C[C@H]5CCCN5)nc(OC[C@@]56CCCN5C[C@H](F)C6)nc4c3F)c12. The highest BCUT2D eigenvalue weighted by molar-refractivity contribution is 6.02. The first-order chi connectivity index (χ1) is 20.9. The van der Waals surface area contributed by atoms with Crippen molar-refractivity contribution in [1.82, 2.24) is 25.2 Å². The number of terminal acetylenes is 1. The van der Waals surface area contributed by atoms with Crippen LogP contribution in [0.4, 0.5) is 19.0 Å². The van der Waals surface area contributed by atoms with Gasteiger partial charge in [0.25, 0.3) is 0 Å². The molecule has 10 heteroatoms. The van der Waals surface area contributed by atoms with Gasteiger partial charge in [0, 0.05) is 49.7 Å². The van der Waals surface area contributed by atoms with Gasteiger partial charge in [-0.2, -0.15) is 9.97 Å². The first-order valence-corrected chi connectivity index (χ1v) is 14.9. The molecule has 7 nitrogen and oxygen atoms in total. The Hall–Kier alpha value is -3.94. The molecule has 7 rings (SSSR count). The van der Waals surface area contributed by atoms with E-state index in [1.807, 2.05) is 11.9 Å². The van der Waals surface area contributed by atoms with Crippen LogP contribution in [0, 0.1) is 24.0 Å². The van der Waals surface area contributed by atoms with Gasteiger partial charge in [-0.25, -0.2) is 13.2 Å².